The molecule has 3 aromatic rings. The second-order valence-corrected chi connectivity index (χ2v) is 7.07. The van der Waals surface area contributed by atoms with Gasteiger partial charge in [-0.3, -0.25) is 4.98 Å². The molecule has 0 aliphatic rings. The monoisotopic (exact) mass is 463 g/mol. The van der Waals surface area contributed by atoms with Gasteiger partial charge in [-0.1, -0.05) is 6.07 Å². The second-order valence-electron chi connectivity index (χ2n) is 5.36. The third-order valence-electron chi connectivity index (χ3n) is 3.57. The number of aromatic hydroxyl groups is 1. The Labute approximate surface area is 160 Å². The number of phenols is 1. The number of pyridine rings is 1. The largest absolute Gasteiger partial charge is 0.506 e. The van der Waals surface area contributed by atoms with E-state index in [4.69, 9.17) is 0 Å². The van der Waals surface area contributed by atoms with Crippen LogP contribution in [0.1, 0.15) is 5.56 Å². The molecule has 0 saturated heterocycles. The van der Waals surface area contributed by atoms with Crippen molar-refractivity contribution < 1.29 is 19.6 Å². The molecule has 3 rings (SSSR count). The van der Waals surface area contributed by atoms with E-state index in [1.807, 2.05) is 30.3 Å². The maximum absolute atomic E-state index is 11.3. The van der Waals surface area contributed by atoms with E-state index >= 15 is 0 Å². The van der Waals surface area contributed by atoms with Crippen LogP contribution in [0.3, 0.4) is 0 Å². The van der Waals surface area contributed by atoms with Crippen LogP contribution in [0.2, 0.25) is 0 Å². The van der Waals surface area contributed by atoms with Gasteiger partial charge >= 0.3 is 5.97 Å². The Morgan fingerprint density at radius 1 is 1.16 bits per heavy atom. The SMILES string of the molecule is O=C(O)C[N+](=Cc1cc(Br)c(O)c(Br)c1)c1ccc2ncccc2c1. The van der Waals surface area contributed by atoms with Crippen molar-refractivity contribution in [2.24, 2.45) is 0 Å². The first-order valence-electron chi connectivity index (χ1n) is 7.30. The van der Waals surface area contributed by atoms with Crippen LogP contribution in [-0.2, 0) is 4.79 Å². The van der Waals surface area contributed by atoms with E-state index in [2.05, 4.69) is 36.8 Å². The number of benzene rings is 2. The molecule has 1 heterocycles. The quantitative estimate of drug-likeness (QED) is 0.445. The first kappa shape index (κ1) is 17.6. The van der Waals surface area contributed by atoms with Crippen LogP contribution in [0.4, 0.5) is 5.69 Å². The molecule has 126 valence electrons. The van der Waals surface area contributed by atoms with Gasteiger partial charge in [0.05, 0.1) is 14.5 Å². The molecule has 0 radical (unpaired) electrons. The molecule has 0 fully saturated rings. The van der Waals surface area contributed by atoms with E-state index in [1.54, 1.807) is 29.1 Å². The fourth-order valence-corrected chi connectivity index (χ4v) is 3.66. The number of phenolic OH excluding ortho intramolecular Hbond substituents is 1. The number of rotatable bonds is 4. The first-order valence-corrected chi connectivity index (χ1v) is 8.89. The number of aromatic nitrogens is 1. The number of hydrogen-bond acceptors (Lipinski definition) is 3. The molecule has 0 amide bonds. The van der Waals surface area contributed by atoms with Gasteiger partial charge in [-0.05, 0) is 56.1 Å². The standard InChI is InChI=1S/C18H12Br2N2O3/c19-14-6-11(7-15(20)18(14)25)9-22(10-17(23)24)13-3-4-16-12(8-13)2-1-5-21-16/h1-9H,10H2,(H,23,24)/p+1. The lowest BCUT2D eigenvalue weighted by atomic mass is 10.2. The van der Waals surface area contributed by atoms with Gasteiger partial charge in [0.1, 0.15) is 5.75 Å². The number of nitrogens with zero attached hydrogens (tertiary/aromatic N) is 2. The average molecular weight is 465 g/mol. The highest BCUT2D eigenvalue weighted by atomic mass is 79.9. The minimum Gasteiger partial charge on any atom is -0.506 e. The van der Waals surface area contributed by atoms with Crippen LogP contribution in [0, 0.1) is 0 Å². The topological polar surface area (TPSA) is 73.4 Å². The normalized spacial score (nSPS) is 11.7. The van der Waals surface area contributed by atoms with Crippen LogP contribution in [-0.4, -0.2) is 38.5 Å². The number of fused-ring (bicyclic) bond motifs is 1. The number of carboxylic acid groups (broad SMARTS) is 1. The third-order valence-corrected chi connectivity index (χ3v) is 4.78. The van der Waals surface area contributed by atoms with Crippen molar-refractivity contribution in [2.75, 3.05) is 6.54 Å². The van der Waals surface area contributed by atoms with Crippen molar-refractivity contribution >= 4 is 60.6 Å². The van der Waals surface area contributed by atoms with Gasteiger partial charge < -0.3 is 10.2 Å². The summed E-state index contributed by atoms with van der Waals surface area (Å²) >= 11 is 6.57. The summed E-state index contributed by atoms with van der Waals surface area (Å²) in [6.07, 6.45) is 3.44. The fraction of sp³-hybridized carbons (Fsp3) is 0.0556. The summed E-state index contributed by atoms with van der Waals surface area (Å²) in [4.78, 5) is 15.6. The van der Waals surface area contributed by atoms with Crippen LogP contribution >= 0.6 is 31.9 Å². The molecule has 1 aromatic heterocycles. The summed E-state index contributed by atoms with van der Waals surface area (Å²) in [6, 6.07) is 12.8. The molecule has 0 saturated carbocycles. The molecule has 0 atom stereocenters. The lowest BCUT2D eigenvalue weighted by Crippen LogP contribution is -2.17. The fourth-order valence-electron chi connectivity index (χ4n) is 2.44. The number of hydrogen-bond donors (Lipinski definition) is 2. The summed E-state index contributed by atoms with van der Waals surface area (Å²) in [5.74, 6) is -0.849. The summed E-state index contributed by atoms with van der Waals surface area (Å²) in [6.45, 7) is -0.193. The van der Waals surface area contributed by atoms with Gasteiger partial charge in [0.2, 0.25) is 12.2 Å². The predicted octanol–water partition coefficient (Wildman–Crippen LogP) is 4.31. The summed E-state index contributed by atoms with van der Waals surface area (Å²) in [5, 5.41) is 20.0. The number of aliphatic carboxylic acids is 1. The van der Waals surface area contributed by atoms with E-state index in [0.29, 0.717) is 8.95 Å². The summed E-state index contributed by atoms with van der Waals surface area (Å²) in [5.41, 5.74) is 2.32. The maximum Gasteiger partial charge on any atom is 0.370 e. The van der Waals surface area contributed by atoms with E-state index in [9.17, 15) is 15.0 Å². The highest BCUT2D eigenvalue weighted by molar-refractivity contribution is 9.11. The van der Waals surface area contributed by atoms with E-state index in [1.165, 1.54) is 0 Å². The minimum atomic E-state index is -0.945. The minimum absolute atomic E-state index is 0.0960. The van der Waals surface area contributed by atoms with Crippen molar-refractivity contribution in [3.63, 3.8) is 0 Å². The molecule has 0 aliphatic carbocycles. The Morgan fingerprint density at radius 3 is 2.56 bits per heavy atom. The molecular weight excluding hydrogens is 452 g/mol. The molecule has 0 bridgehead atoms. The smallest absolute Gasteiger partial charge is 0.370 e. The molecule has 7 heteroatoms. The van der Waals surface area contributed by atoms with Crippen LogP contribution in [0.25, 0.3) is 10.9 Å². The Morgan fingerprint density at radius 2 is 1.88 bits per heavy atom. The van der Waals surface area contributed by atoms with Gasteiger partial charge in [-0.25, -0.2) is 4.79 Å². The van der Waals surface area contributed by atoms with Gasteiger partial charge in [0.25, 0.3) is 0 Å². The van der Waals surface area contributed by atoms with Crippen molar-refractivity contribution in [3.05, 3.63) is 63.2 Å². The predicted molar refractivity (Wildman–Crippen MR) is 103 cm³/mol. The summed E-state index contributed by atoms with van der Waals surface area (Å²) in [7, 11) is 0. The average Bonchev–Trinajstić information content (AvgIpc) is 2.58. The zero-order valence-corrected chi connectivity index (χ0v) is 16.0. The van der Waals surface area contributed by atoms with Crippen molar-refractivity contribution in [2.45, 2.75) is 0 Å². The molecule has 0 spiro atoms. The Hall–Kier alpha value is -2.25. The van der Waals surface area contributed by atoms with Crippen LogP contribution in [0.15, 0.2) is 57.6 Å². The molecule has 0 unspecified atom stereocenters. The molecule has 2 N–H and O–H groups in total. The molecule has 2 aromatic carbocycles. The number of carboxylic acids is 1. The van der Waals surface area contributed by atoms with E-state index < -0.39 is 5.97 Å². The summed E-state index contributed by atoms with van der Waals surface area (Å²) < 4.78 is 2.68. The number of carbonyl (C=O) groups is 1. The van der Waals surface area contributed by atoms with Crippen molar-refractivity contribution in [1.82, 2.24) is 4.98 Å². The molecular formula is C18H13Br2N2O3+. The highest BCUT2D eigenvalue weighted by Gasteiger charge is 2.16. The third kappa shape index (κ3) is 4.05. The lowest BCUT2D eigenvalue weighted by molar-refractivity contribution is -0.425. The maximum atomic E-state index is 11.3. The second kappa shape index (κ2) is 7.33. The lowest BCUT2D eigenvalue weighted by Gasteiger charge is -2.05. The Balaban J connectivity index is 2.11. The van der Waals surface area contributed by atoms with Gasteiger partial charge in [0.15, 0.2) is 6.21 Å². The number of halogens is 2. The first-order chi connectivity index (χ1) is 11.9. The van der Waals surface area contributed by atoms with Gasteiger partial charge in [-0.15, -0.1) is 0 Å². The van der Waals surface area contributed by atoms with Crippen LogP contribution < -0.4 is 0 Å². The Kier molecular flexibility index (Phi) is 5.15. The Bertz CT molecular complexity index is 980. The molecule has 25 heavy (non-hydrogen) atoms. The van der Waals surface area contributed by atoms with Crippen molar-refractivity contribution in [1.29, 1.82) is 0 Å². The van der Waals surface area contributed by atoms with E-state index in [-0.39, 0.29) is 12.3 Å². The van der Waals surface area contributed by atoms with Crippen molar-refractivity contribution in [3.8, 4) is 5.75 Å². The van der Waals surface area contributed by atoms with Gasteiger partial charge in [-0.2, -0.15) is 4.58 Å². The zero-order chi connectivity index (χ0) is 18.0. The van der Waals surface area contributed by atoms with Gasteiger partial charge in [0, 0.05) is 29.3 Å². The highest BCUT2D eigenvalue weighted by Crippen LogP contribution is 2.33. The van der Waals surface area contributed by atoms with Crippen LogP contribution in [0.5, 0.6) is 5.75 Å². The molecule has 0 aliphatic heterocycles. The zero-order valence-electron chi connectivity index (χ0n) is 12.9. The van der Waals surface area contributed by atoms with E-state index in [0.717, 1.165) is 22.2 Å². The molecule has 5 nitrogen and oxygen atoms in total.